The van der Waals surface area contributed by atoms with Crippen molar-refractivity contribution in [3.8, 4) is 0 Å². The number of hydrogen-bond donors (Lipinski definition) is 1. The number of rotatable bonds is 3. The van der Waals surface area contributed by atoms with E-state index in [-0.39, 0.29) is 11.3 Å². The van der Waals surface area contributed by atoms with Crippen LogP contribution in [0.2, 0.25) is 0 Å². The second-order valence-electron chi connectivity index (χ2n) is 8.33. The molecule has 1 aromatic heterocycles. The van der Waals surface area contributed by atoms with Crippen LogP contribution in [0.25, 0.3) is 11.1 Å². The second kappa shape index (κ2) is 6.59. The van der Waals surface area contributed by atoms with Gasteiger partial charge in [0.05, 0.1) is 11.9 Å². The molecule has 1 aliphatic rings. The minimum Gasteiger partial charge on any atom is -0.440 e. The molecule has 0 spiro atoms. The summed E-state index contributed by atoms with van der Waals surface area (Å²) in [5.74, 6) is 0.384. The molecular weight excluding hydrogens is 390 g/mol. The highest BCUT2D eigenvalue weighted by atomic mass is 32.2. The monoisotopic (exact) mass is 413 g/mol. The molecule has 4 rings (SSSR count). The summed E-state index contributed by atoms with van der Waals surface area (Å²) in [7, 11) is -3.31. The molecule has 1 N–H and O–H groups in total. The Hall–Kier alpha value is -2.87. The van der Waals surface area contributed by atoms with Crippen LogP contribution in [-0.2, 0) is 21.9 Å². The lowest BCUT2D eigenvalue weighted by molar-refractivity contribution is 0.102. The first-order chi connectivity index (χ1) is 13.5. The largest absolute Gasteiger partial charge is 0.440 e. The summed E-state index contributed by atoms with van der Waals surface area (Å²) in [5, 5.41) is 2.88. The zero-order valence-corrected chi connectivity index (χ0v) is 17.6. The van der Waals surface area contributed by atoms with Crippen LogP contribution < -0.4 is 9.62 Å². The molecule has 0 unspecified atom stereocenters. The number of sulfonamides is 1. The standard InChI is InChI=1S/C21H23N3O4S/c1-21(2,3)20-23-16-12-15(6-8-18(16)28-20)22-19(25)14-5-7-17-13(11-14)9-10-24(17)29(4,26)27/h5-8,11-12H,9-10H2,1-4H3,(H,22,25). The molecule has 152 valence electrons. The average Bonchev–Trinajstić information content (AvgIpc) is 3.24. The lowest BCUT2D eigenvalue weighted by Crippen LogP contribution is -2.27. The number of fused-ring (bicyclic) bond motifs is 2. The summed E-state index contributed by atoms with van der Waals surface area (Å²) in [6, 6.07) is 10.4. The molecule has 29 heavy (non-hydrogen) atoms. The zero-order valence-electron chi connectivity index (χ0n) is 16.8. The molecule has 1 amide bonds. The Morgan fingerprint density at radius 1 is 1.17 bits per heavy atom. The molecule has 0 saturated carbocycles. The third-order valence-corrected chi connectivity index (χ3v) is 6.06. The van der Waals surface area contributed by atoms with Crippen molar-refractivity contribution in [1.29, 1.82) is 0 Å². The van der Waals surface area contributed by atoms with E-state index in [4.69, 9.17) is 4.42 Å². The quantitative estimate of drug-likeness (QED) is 0.707. The van der Waals surface area contributed by atoms with Gasteiger partial charge in [0.1, 0.15) is 5.52 Å². The fourth-order valence-electron chi connectivity index (χ4n) is 3.39. The van der Waals surface area contributed by atoms with Crippen molar-refractivity contribution >= 4 is 38.4 Å². The predicted molar refractivity (Wildman–Crippen MR) is 113 cm³/mol. The van der Waals surface area contributed by atoms with Crippen molar-refractivity contribution in [3.05, 3.63) is 53.4 Å². The summed E-state index contributed by atoms with van der Waals surface area (Å²) in [6.07, 6.45) is 1.78. The molecule has 2 heterocycles. The highest BCUT2D eigenvalue weighted by molar-refractivity contribution is 7.92. The van der Waals surface area contributed by atoms with E-state index in [0.29, 0.717) is 46.9 Å². The normalized spacial score (nSPS) is 14.3. The second-order valence-corrected chi connectivity index (χ2v) is 10.2. The van der Waals surface area contributed by atoms with Crippen molar-refractivity contribution in [2.75, 3.05) is 22.4 Å². The Morgan fingerprint density at radius 3 is 2.62 bits per heavy atom. The highest BCUT2D eigenvalue weighted by Crippen LogP contribution is 2.31. The van der Waals surface area contributed by atoms with Crippen LogP contribution >= 0.6 is 0 Å². The molecule has 0 fully saturated rings. The molecule has 7 nitrogen and oxygen atoms in total. The fraction of sp³-hybridized carbons (Fsp3) is 0.333. The Bertz CT molecular complexity index is 1220. The maximum Gasteiger partial charge on any atom is 0.255 e. The van der Waals surface area contributed by atoms with Gasteiger partial charge in [0, 0.05) is 23.2 Å². The number of anilines is 2. The summed E-state index contributed by atoms with van der Waals surface area (Å²) in [4.78, 5) is 17.2. The average molecular weight is 413 g/mol. The van der Waals surface area contributed by atoms with E-state index in [9.17, 15) is 13.2 Å². The van der Waals surface area contributed by atoms with Crippen LogP contribution in [0.3, 0.4) is 0 Å². The van der Waals surface area contributed by atoms with Crippen molar-refractivity contribution in [2.45, 2.75) is 32.6 Å². The van der Waals surface area contributed by atoms with Gasteiger partial charge in [-0.15, -0.1) is 0 Å². The summed E-state index contributed by atoms with van der Waals surface area (Å²) in [5.41, 5.74) is 3.75. The van der Waals surface area contributed by atoms with Crippen molar-refractivity contribution in [1.82, 2.24) is 4.98 Å². The molecule has 8 heteroatoms. The van der Waals surface area contributed by atoms with E-state index in [1.807, 2.05) is 20.8 Å². The number of carbonyl (C=O) groups is 1. The van der Waals surface area contributed by atoms with Crippen LogP contribution in [0.5, 0.6) is 0 Å². The lowest BCUT2D eigenvalue weighted by atomic mass is 9.97. The van der Waals surface area contributed by atoms with E-state index in [0.717, 1.165) is 5.56 Å². The topological polar surface area (TPSA) is 92.5 Å². The number of benzene rings is 2. The number of aromatic nitrogens is 1. The van der Waals surface area contributed by atoms with E-state index in [1.165, 1.54) is 10.6 Å². The van der Waals surface area contributed by atoms with Crippen LogP contribution in [-0.4, -0.2) is 32.1 Å². The van der Waals surface area contributed by atoms with Gasteiger partial charge in [0.15, 0.2) is 5.58 Å². The van der Waals surface area contributed by atoms with Gasteiger partial charge in [0.25, 0.3) is 5.91 Å². The van der Waals surface area contributed by atoms with Gasteiger partial charge in [-0.25, -0.2) is 13.4 Å². The smallest absolute Gasteiger partial charge is 0.255 e. The number of carbonyl (C=O) groups excluding carboxylic acids is 1. The summed E-state index contributed by atoms with van der Waals surface area (Å²) >= 11 is 0. The van der Waals surface area contributed by atoms with Gasteiger partial charge in [-0.1, -0.05) is 20.8 Å². The Labute approximate surface area is 169 Å². The van der Waals surface area contributed by atoms with Crippen LogP contribution in [0, 0.1) is 0 Å². The Balaban J connectivity index is 1.57. The highest BCUT2D eigenvalue weighted by Gasteiger charge is 2.27. The molecule has 0 atom stereocenters. The number of hydrogen-bond acceptors (Lipinski definition) is 5. The van der Waals surface area contributed by atoms with Gasteiger partial charge >= 0.3 is 0 Å². The van der Waals surface area contributed by atoms with E-state index >= 15 is 0 Å². The van der Waals surface area contributed by atoms with E-state index in [1.54, 1.807) is 36.4 Å². The van der Waals surface area contributed by atoms with Crippen molar-refractivity contribution < 1.29 is 17.6 Å². The molecule has 1 aliphatic heterocycles. The van der Waals surface area contributed by atoms with Crippen molar-refractivity contribution in [2.24, 2.45) is 0 Å². The maximum atomic E-state index is 12.7. The minimum atomic E-state index is -3.31. The minimum absolute atomic E-state index is 0.202. The zero-order chi connectivity index (χ0) is 21.0. The molecule has 3 aromatic rings. The molecule has 0 aliphatic carbocycles. The Kier molecular flexibility index (Phi) is 4.42. The summed E-state index contributed by atoms with van der Waals surface area (Å²) in [6.45, 7) is 6.48. The number of nitrogens with zero attached hydrogens (tertiary/aromatic N) is 2. The predicted octanol–water partition coefficient (Wildman–Crippen LogP) is 3.70. The number of oxazole rings is 1. The number of nitrogens with one attached hydrogen (secondary N) is 1. The first-order valence-corrected chi connectivity index (χ1v) is 11.2. The SMILES string of the molecule is CC(C)(C)c1nc2cc(NC(=O)c3ccc4c(c3)CCN4S(C)(=O)=O)ccc2o1. The lowest BCUT2D eigenvalue weighted by Gasteiger charge is -2.16. The van der Waals surface area contributed by atoms with E-state index < -0.39 is 10.0 Å². The van der Waals surface area contributed by atoms with Crippen LogP contribution in [0.15, 0.2) is 40.8 Å². The molecule has 2 aromatic carbocycles. The third kappa shape index (κ3) is 3.72. The first kappa shape index (κ1) is 19.4. The fourth-order valence-corrected chi connectivity index (χ4v) is 4.34. The summed E-state index contributed by atoms with van der Waals surface area (Å²) < 4.78 is 30.9. The number of amides is 1. The maximum absolute atomic E-state index is 12.7. The molecule has 0 bridgehead atoms. The van der Waals surface area contributed by atoms with Gasteiger partial charge in [-0.05, 0) is 48.4 Å². The third-order valence-electron chi connectivity index (χ3n) is 4.88. The van der Waals surface area contributed by atoms with Gasteiger partial charge in [-0.3, -0.25) is 9.10 Å². The van der Waals surface area contributed by atoms with Crippen LogP contribution in [0.1, 0.15) is 42.6 Å². The molecular formula is C21H23N3O4S. The van der Waals surface area contributed by atoms with Gasteiger partial charge < -0.3 is 9.73 Å². The molecule has 0 radical (unpaired) electrons. The van der Waals surface area contributed by atoms with Crippen LogP contribution in [0.4, 0.5) is 11.4 Å². The van der Waals surface area contributed by atoms with Gasteiger partial charge in [-0.2, -0.15) is 0 Å². The first-order valence-electron chi connectivity index (χ1n) is 9.35. The molecule has 0 saturated heterocycles. The van der Waals surface area contributed by atoms with Crippen molar-refractivity contribution in [3.63, 3.8) is 0 Å². The Morgan fingerprint density at radius 2 is 1.93 bits per heavy atom. The van der Waals surface area contributed by atoms with E-state index in [2.05, 4.69) is 10.3 Å². The van der Waals surface area contributed by atoms with Gasteiger partial charge in [0.2, 0.25) is 15.9 Å².